The molecule has 0 aliphatic carbocycles. The van der Waals surface area contributed by atoms with Gasteiger partial charge >= 0.3 is 25.7 Å². The summed E-state index contributed by atoms with van der Waals surface area (Å²) in [6.07, 6.45) is -1.15. The van der Waals surface area contributed by atoms with Crippen LogP contribution in [0.1, 0.15) is 27.7 Å². The van der Waals surface area contributed by atoms with E-state index in [2.05, 4.69) is 9.05 Å². The molecule has 0 heterocycles. The number of phosphoric acid groups is 1. The fourth-order valence-corrected chi connectivity index (χ4v) is 2.00. The summed E-state index contributed by atoms with van der Waals surface area (Å²) in [4.78, 5) is 43.3. The number of phosphoric ester groups is 1. The normalized spacial score (nSPS) is 16.0. The van der Waals surface area contributed by atoms with Crippen molar-refractivity contribution >= 4 is 25.7 Å². The molecule has 0 saturated carbocycles. The zero-order valence-corrected chi connectivity index (χ0v) is 16.0. The van der Waals surface area contributed by atoms with Gasteiger partial charge in [0.15, 0.2) is 6.10 Å². The first-order valence-corrected chi connectivity index (χ1v) is 9.32. The lowest BCUT2D eigenvalue weighted by Gasteiger charge is -2.21. The van der Waals surface area contributed by atoms with Crippen molar-refractivity contribution < 1.29 is 47.5 Å². The summed E-state index contributed by atoms with van der Waals surface area (Å²) in [6.45, 7) is 4.61. The average Bonchev–Trinajstić information content (AvgIpc) is 2.54. The third kappa shape index (κ3) is 10.5. The molecule has 0 bridgehead atoms. The van der Waals surface area contributed by atoms with Crippen LogP contribution >= 0.6 is 7.82 Å². The van der Waals surface area contributed by atoms with Gasteiger partial charge in [0.25, 0.3) is 0 Å². The van der Waals surface area contributed by atoms with Crippen molar-refractivity contribution in [3.8, 4) is 0 Å². The fourth-order valence-electron chi connectivity index (χ4n) is 1.22. The van der Waals surface area contributed by atoms with Crippen LogP contribution in [0.3, 0.4) is 0 Å². The Morgan fingerprint density at radius 2 is 1.46 bits per heavy atom. The maximum Gasteiger partial charge on any atom is 0.472 e. The molecule has 0 aliphatic heterocycles. The Balaban J connectivity index is 4.72. The molecular weight excluding hydrogens is 373 g/mol. The molecular formula is C14H26NO10P. The summed E-state index contributed by atoms with van der Waals surface area (Å²) in [5, 5.41) is 8.59. The van der Waals surface area contributed by atoms with Gasteiger partial charge in [0.1, 0.15) is 12.6 Å². The highest BCUT2D eigenvalue weighted by molar-refractivity contribution is 7.47. The van der Waals surface area contributed by atoms with E-state index in [1.165, 1.54) is 0 Å². The van der Waals surface area contributed by atoms with E-state index in [1.807, 2.05) is 0 Å². The molecule has 11 nitrogen and oxygen atoms in total. The number of nitrogens with two attached hydrogens (primary N) is 1. The average molecular weight is 399 g/mol. The number of hydrogen-bond acceptors (Lipinski definition) is 9. The molecule has 152 valence electrons. The number of hydrogen-bond donors (Lipinski definition) is 3. The van der Waals surface area contributed by atoms with Gasteiger partial charge < -0.3 is 25.2 Å². The first kappa shape index (κ1) is 24.5. The van der Waals surface area contributed by atoms with Gasteiger partial charge in [-0.3, -0.25) is 23.4 Å². The number of rotatable bonds is 12. The predicted octanol–water partition coefficient (Wildman–Crippen LogP) is 0.299. The van der Waals surface area contributed by atoms with E-state index in [0.29, 0.717) is 0 Å². The third-order valence-corrected chi connectivity index (χ3v) is 3.75. The maximum absolute atomic E-state index is 11.7. The van der Waals surface area contributed by atoms with Crippen LogP contribution in [0.4, 0.5) is 0 Å². The SMILES string of the molecule is CC(C)C(=O)OC[C@@H](COP(=O)(O)OCC(N)C(=O)O)OC(=O)C(C)C. The molecule has 4 N–H and O–H groups in total. The van der Waals surface area contributed by atoms with Crippen LogP contribution in [0.5, 0.6) is 0 Å². The van der Waals surface area contributed by atoms with Crippen molar-refractivity contribution in [2.24, 2.45) is 17.6 Å². The van der Waals surface area contributed by atoms with Crippen LogP contribution in [-0.2, 0) is 37.5 Å². The summed E-state index contributed by atoms with van der Waals surface area (Å²) in [5.41, 5.74) is 5.15. The number of carbonyl (C=O) groups excluding carboxylic acids is 2. The zero-order valence-electron chi connectivity index (χ0n) is 15.1. The van der Waals surface area contributed by atoms with E-state index in [9.17, 15) is 23.8 Å². The van der Waals surface area contributed by atoms with E-state index < -0.39 is 62.9 Å². The molecule has 0 amide bonds. The minimum Gasteiger partial charge on any atom is -0.480 e. The summed E-state index contributed by atoms with van der Waals surface area (Å²) in [7, 11) is -4.65. The van der Waals surface area contributed by atoms with E-state index >= 15 is 0 Å². The van der Waals surface area contributed by atoms with Crippen LogP contribution in [0.15, 0.2) is 0 Å². The van der Waals surface area contributed by atoms with Gasteiger partial charge in [-0.1, -0.05) is 27.7 Å². The Morgan fingerprint density at radius 1 is 0.962 bits per heavy atom. The van der Waals surface area contributed by atoms with Crippen molar-refractivity contribution in [2.45, 2.75) is 39.8 Å². The van der Waals surface area contributed by atoms with Crippen molar-refractivity contribution in [3.63, 3.8) is 0 Å². The monoisotopic (exact) mass is 399 g/mol. The Bertz CT molecular complexity index is 536. The van der Waals surface area contributed by atoms with Crippen molar-refractivity contribution in [1.82, 2.24) is 0 Å². The quantitative estimate of drug-likeness (QED) is 0.304. The number of carboxylic acid groups (broad SMARTS) is 1. The second-order valence-electron chi connectivity index (χ2n) is 6.00. The van der Waals surface area contributed by atoms with E-state index in [-0.39, 0.29) is 6.61 Å². The Labute approximate surface area is 151 Å². The largest absolute Gasteiger partial charge is 0.480 e. The van der Waals surface area contributed by atoms with Crippen LogP contribution in [0.2, 0.25) is 0 Å². The molecule has 3 atom stereocenters. The smallest absolute Gasteiger partial charge is 0.472 e. The Morgan fingerprint density at radius 3 is 1.92 bits per heavy atom. The molecule has 0 aromatic rings. The highest BCUT2D eigenvalue weighted by Crippen LogP contribution is 2.43. The lowest BCUT2D eigenvalue weighted by molar-refractivity contribution is -0.165. The van der Waals surface area contributed by atoms with Gasteiger partial charge in [0.05, 0.1) is 25.0 Å². The molecule has 0 aromatic carbocycles. The zero-order chi connectivity index (χ0) is 20.5. The minimum atomic E-state index is -4.65. The molecule has 0 fully saturated rings. The molecule has 0 saturated heterocycles. The topological polar surface area (TPSA) is 172 Å². The predicted molar refractivity (Wildman–Crippen MR) is 87.9 cm³/mol. The van der Waals surface area contributed by atoms with Gasteiger partial charge in [0, 0.05) is 0 Å². The number of esters is 2. The van der Waals surface area contributed by atoms with Crippen molar-refractivity contribution in [2.75, 3.05) is 19.8 Å². The van der Waals surface area contributed by atoms with Gasteiger partial charge in [-0.15, -0.1) is 0 Å². The first-order valence-electron chi connectivity index (χ1n) is 7.83. The van der Waals surface area contributed by atoms with Crippen LogP contribution in [0.25, 0.3) is 0 Å². The second-order valence-corrected chi connectivity index (χ2v) is 7.46. The van der Waals surface area contributed by atoms with E-state index in [4.69, 9.17) is 20.3 Å². The fraction of sp³-hybridized carbons (Fsp3) is 0.786. The molecule has 0 radical (unpaired) electrons. The summed E-state index contributed by atoms with van der Waals surface area (Å²) in [6, 6.07) is -1.51. The van der Waals surface area contributed by atoms with Crippen molar-refractivity contribution in [3.05, 3.63) is 0 Å². The lowest BCUT2D eigenvalue weighted by atomic mass is 10.2. The molecule has 12 heteroatoms. The summed E-state index contributed by atoms with van der Waals surface area (Å²) in [5.74, 6) is -3.49. The highest BCUT2D eigenvalue weighted by Gasteiger charge is 2.28. The Kier molecular flexibility index (Phi) is 10.6. The third-order valence-electron chi connectivity index (χ3n) is 2.80. The number of aliphatic carboxylic acids is 1. The van der Waals surface area contributed by atoms with Crippen LogP contribution < -0.4 is 5.73 Å². The molecule has 0 spiro atoms. The number of carbonyl (C=O) groups is 3. The maximum atomic E-state index is 11.7. The van der Waals surface area contributed by atoms with Gasteiger partial charge in [-0.2, -0.15) is 0 Å². The standard InChI is InChI=1S/C14H26NO10P/c1-8(2)13(18)22-5-10(25-14(19)9(3)4)6-23-26(20,21)24-7-11(15)12(16)17/h8-11H,5-7,15H2,1-4H3,(H,16,17)(H,20,21)/t10-,11?/m0/s1. The molecule has 0 rings (SSSR count). The highest BCUT2D eigenvalue weighted by atomic mass is 31.2. The molecule has 0 aromatic heterocycles. The summed E-state index contributed by atoms with van der Waals surface area (Å²) < 4.78 is 30.8. The van der Waals surface area contributed by atoms with E-state index in [0.717, 1.165) is 0 Å². The van der Waals surface area contributed by atoms with E-state index in [1.54, 1.807) is 27.7 Å². The van der Waals surface area contributed by atoms with Gasteiger partial charge in [-0.25, -0.2) is 4.57 Å². The van der Waals surface area contributed by atoms with Gasteiger partial charge in [-0.05, 0) is 0 Å². The van der Waals surface area contributed by atoms with Crippen molar-refractivity contribution in [1.29, 1.82) is 0 Å². The molecule has 26 heavy (non-hydrogen) atoms. The summed E-state index contributed by atoms with van der Waals surface area (Å²) >= 11 is 0. The van der Waals surface area contributed by atoms with Crippen LogP contribution in [-0.4, -0.2) is 59.9 Å². The Hall–Kier alpha value is -1.52. The minimum absolute atomic E-state index is 0.385. The molecule has 2 unspecified atom stereocenters. The molecule has 0 aliphatic rings. The van der Waals surface area contributed by atoms with Crippen LogP contribution in [0, 0.1) is 11.8 Å². The number of carboxylic acids is 1. The first-order chi connectivity index (χ1) is 11.9. The lowest BCUT2D eigenvalue weighted by Crippen LogP contribution is -2.35. The van der Waals surface area contributed by atoms with Gasteiger partial charge in [0.2, 0.25) is 0 Å². The second kappa shape index (κ2) is 11.2. The number of ether oxygens (including phenoxy) is 2.